The summed E-state index contributed by atoms with van der Waals surface area (Å²) in [6.45, 7) is 1.73. The summed E-state index contributed by atoms with van der Waals surface area (Å²) in [6.07, 6.45) is -1.35. The highest BCUT2D eigenvalue weighted by molar-refractivity contribution is 7.98. The first-order valence-electron chi connectivity index (χ1n) is 7.70. The highest BCUT2D eigenvalue weighted by Gasteiger charge is 2.30. The maximum Gasteiger partial charge on any atom is 0.416 e. The molecule has 0 amide bonds. The Labute approximate surface area is 141 Å². The third-order valence-electron chi connectivity index (χ3n) is 4.21. The predicted molar refractivity (Wildman–Crippen MR) is 90.0 cm³/mol. The summed E-state index contributed by atoms with van der Waals surface area (Å²) < 4.78 is 40.7. The zero-order valence-electron chi connectivity index (χ0n) is 12.7. The molecule has 0 atom stereocenters. The molecular weight excluding hydrogens is 333 g/mol. The zero-order valence-corrected chi connectivity index (χ0v) is 13.5. The largest absolute Gasteiger partial charge is 0.416 e. The summed E-state index contributed by atoms with van der Waals surface area (Å²) in [5, 5.41) is 4.62. The number of benzene rings is 2. The van der Waals surface area contributed by atoms with E-state index in [-0.39, 0.29) is 0 Å². The lowest BCUT2D eigenvalue weighted by atomic mass is 10.1. The molecule has 0 fully saturated rings. The number of nitrogens with one attached hydrogen (secondary N) is 1. The zero-order chi connectivity index (χ0) is 16.7. The van der Waals surface area contributed by atoms with Crippen LogP contribution >= 0.6 is 11.9 Å². The maximum absolute atomic E-state index is 12.9. The van der Waals surface area contributed by atoms with Gasteiger partial charge < -0.3 is 5.32 Å². The van der Waals surface area contributed by atoms with Gasteiger partial charge in [-0.15, -0.1) is 0 Å². The van der Waals surface area contributed by atoms with Crippen molar-refractivity contribution in [3.05, 3.63) is 65.4 Å². The van der Waals surface area contributed by atoms with E-state index in [4.69, 9.17) is 0 Å². The maximum atomic E-state index is 12.9. The van der Waals surface area contributed by atoms with Crippen molar-refractivity contribution in [2.45, 2.75) is 24.0 Å². The Bertz CT molecular complexity index is 899. The van der Waals surface area contributed by atoms with Crippen LogP contribution in [0.1, 0.15) is 16.7 Å². The summed E-state index contributed by atoms with van der Waals surface area (Å²) in [7, 11) is 0. The van der Waals surface area contributed by atoms with Crippen molar-refractivity contribution in [1.29, 1.82) is 0 Å². The molecule has 24 heavy (non-hydrogen) atoms. The van der Waals surface area contributed by atoms with Crippen molar-refractivity contribution >= 4 is 22.9 Å². The van der Waals surface area contributed by atoms with E-state index in [1.807, 2.05) is 22.3 Å². The van der Waals surface area contributed by atoms with Crippen molar-refractivity contribution < 1.29 is 13.2 Å². The number of hydrogen-bond donors (Lipinski definition) is 1. The van der Waals surface area contributed by atoms with Crippen LogP contribution in [0.5, 0.6) is 0 Å². The van der Waals surface area contributed by atoms with Crippen LogP contribution in [0.15, 0.2) is 53.6 Å². The molecule has 2 nitrogen and oxygen atoms in total. The van der Waals surface area contributed by atoms with E-state index in [1.165, 1.54) is 40.6 Å². The van der Waals surface area contributed by atoms with Gasteiger partial charge in [-0.25, -0.2) is 0 Å². The van der Waals surface area contributed by atoms with Crippen molar-refractivity contribution in [2.24, 2.45) is 0 Å². The molecule has 6 heteroatoms. The van der Waals surface area contributed by atoms with E-state index in [0.717, 1.165) is 31.1 Å². The van der Waals surface area contributed by atoms with Gasteiger partial charge in [0.05, 0.1) is 11.1 Å². The first kappa shape index (κ1) is 15.6. The second-order valence-electron chi connectivity index (χ2n) is 5.84. The number of halogens is 3. The molecule has 124 valence electrons. The summed E-state index contributed by atoms with van der Waals surface area (Å²) in [5.41, 5.74) is 2.91. The fraction of sp³-hybridized carbons (Fsp3) is 0.222. The van der Waals surface area contributed by atoms with E-state index in [9.17, 15) is 13.2 Å². The lowest BCUT2D eigenvalue weighted by molar-refractivity contribution is -0.137. The minimum absolute atomic E-state index is 0.578. The molecule has 0 aliphatic carbocycles. The van der Waals surface area contributed by atoms with E-state index >= 15 is 0 Å². The molecule has 0 bridgehead atoms. The van der Waals surface area contributed by atoms with Gasteiger partial charge in [-0.3, -0.25) is 3.97 Å². The highest BCUT2D eigenvalue weighted by atomic mass is 32.2. The average Bonchev–Trinajstić information content (AvgIpc) is 2.76. The number of aromatic nitrogens is 1. The quantitative estimate of drug-likeness (QED) is 0.712. The van der Waals surface area contributed by atoms with Crippen LogP contribution in [0.4, 0.5) is 13.2 Å². The molecule has 0 spiro atoms. The molecule has 0 saturated carbocycles. The number of nitrogens with zero attached hydrogens (tertiary/aromatic N) is 1. The van der Waals surface area contributed by atoms with Crippen LogP contribution in [0.3, 0.4) is 0 Å². The summed E-state index contributed by atoms with van der Waals surface area (Å²) >= 11 is 1.32. The average molecular weight is 348 g/mol. The first-order chi connectivity index (χ1) is 11.5. The minimum atomic E-state index is -4.32. The van der Waals surface area contributed by atoms with Crippen LogP contribution in [-0.4, -0.2) is 10.5 Å². The van der Waals surface area contributed by atoms with Crippen LogP contribution in [0, 0.1) is 0 Å². The number of alkyl halides is 3. The van der Waals surface area contributed by atoms with Gasteiger partial charge in [0, 0.05) is 23.0 Å². The van der Waals surface area contributed by atoms with Gasteiger partial charge in [0.15, 0.2) is 0 Å². The van der Waals surface area contributed by atoms with Crippen molar-refractivity contribution in [3.63, 3.8) is 0 Å². The molecule has 1 N–H and O–H groups in total. The Morgan fingerprint density at radius 1 is 1.04 bits per heavy atom. The standard InChI is InChI=1S/C18H15F3N2S/c19-18(20,21)14-4-2-5-15(9-14)24-23-11-13-7-8-22-10-12-3-1-6-16(23)17(12)13/h1-6,9,11,22H,7-8,10H2. The third kappa shape index (κ3) is 2.80. The van der Waals surface area contributed by atoms with E-state index in [0.29, 0.717) is 4.90 Å². The van der Waals surface area contributed by atoms with Gasteiger partial charge in [0.1, 0.15) is 0 Å². The minimum Gasteiger partial charge on any atom is -0.312 e. The molecule has 1 aromatic heterocycles. The second kappa shape index (κ2) is 5.86. The Kier molecular flexibility index (Phi) is 3.81. The second-order valence-corrected chi connectivity index (χ2v) is 6.88. The lowest BCUT2D eigenvalue weighted by Crippen LogP contribution is -2.13. The van der Waals surface area contributed by atoms with E-state index < -0.39 is 11.7 Å². The highest BCUT2D eigenvalue weighted by Crippen LogP contribution is 2.35. The molecule has 0 radical (unpaired) electrons. The molecule has 2 aromatic carbocycles. The molecule has 4 rings (SSSR count). The predicted octanol–water partition coefficient (Wildman–Crippen LogP) is 4.86. The lowest BCUT2D eigenvalue weighted by Gasteiger charge is -2.10. The van der Waals surface area contributed by atoms with Gasteiger partial charge in [-0.2, -0.15) is 13.2 Å². The fourth-order valence-electron chi connectivity index (χ4n) is 3.12. The molecule has 1 aliphatic rings. The topological polar surface area (TPSA) is 17.0 Å². The molecule has 3 aromatic rings. The van der Waals surface area contributed by atoms with Gasteiger partial charge in [0.25, 0.3) is 0 Å². The Morgan fingerprint density at radius 3 is 2.71 bits per heavy atom. The summed E-state index contributed by atoms with van der Waals surface area (Å²) in [5.74, 6) is 0. The molecule has 0 saturated heterocycles. The SMILES string of the molecule is FC(F)(F)c1cccc(Sn2cc3c4c(cccc42)CNCC3)c1. The molecule has 0 unspecified atom stereocenters. The third-order valence-corrected chi connectivity index (χ3v) is 5.18. The number of hydrogen-bond acceptors (Lipinski definition) is 2. The normalized spacial score (nSPS) is 14.8. The number of rotatable bonds is 2. The van der Waals surface area contributed by atoms with Crippen LogP contribution < -0.4 is 5.32 Å². The Balaban J connectivity index is 1.76. The summed E-state index contributed by atoms with van der Waals surface area (Å²) in [6, 6.07) is 11.6. The fourth-order valence-corrected chi connectivity index (χ4v) is 4.09. The van der Waals surface area contributed by atoms with Crippen molar-refractivity contribution in [1.82, 2.24) is 9.29 Å². The van der Waals surface area contributed by atoms with Crippen LogP contribution in [-0.2, 0) is 19.1 Å². The van der Waals surface area contributed by atoms with Gasteiger partial charge >= 0.3 is 6.18 Å². The smallest absolute Gasteiger partial charge is 0.312 e. The summed E-state index contributed by atoms with van der Waals surface area (Å²) in [4.78, 5) is 0.578. The van der Waals surface area contributed by atoms with Gasteiger partial charge in [-0.05, 0) is 60.3 Å². The Morgan fingerprint density at radius 2 is 1.88 bits per heavy atom. The molecular formula is C18H15F3N2S. The van der Waals surface area contributed by atoms with E-state index in [2.05, 4.69) is 11.4 Å². The van der Waals surface area contributed by atoms with Crippen LogP contribution in [0.2, 0.25) is 0 Å². The monoisotopic (exact) mass is 348 g/mol. The van der Waals surface area contributed by atoms with Crippen molar-refractivity contribution in [3.8, 4) is 0 Å². The molecule has 1 aliphatic heterocycles. The molecule has 2 heterocycles. The first-order valence-corrected chi connectivity index (χ1v) is 8.48. The van der Waals surface area contributed by atoms with Gasteiger partial charge in [-0.1, -0.05) is 18.2 Å². The Hall–Kier alpha value is -1.92. The van der Waals surface area contributed by atoms with E-state index in [1.54, 1.807) is 6.07 Å². The van der Waals surface area contributed by atoms with Crippen LogP contribution in [0.25, 0.3) is 10.9 Å². The van der Waals surface area contributed by atoms with Crippen molar-refractivity contribution in [2.75, 3.05) is 6.54 Å². The van der Waals surface area contributed by atoms with Gasteiger partial charge in [0.2, 0.25) is 0 Å².